The van der Waals surface area contributed by atoms with Crippen molar-refractivity contribution in [2.75, 3.05) is 26.4 Å². The molecule has 0 amide bonds. The number of nitrogens with one attached hydrogen (secondary N) is 1. The molecule has 1 heterocycles. The zero-order valence-corrected chi connectivity index (χ0v) is 14.5. The minimum Gasteiger partial charge on any atom is -0.460 e. The molecule has 2 rings (SSSR count). The van der Waals surface area contributed by atoms with E-state index in [9.17, 15) is 10.1 Å². The molecule has 1 aromatic carbocycles. The van der Waals surface area contributed by atoms with Gasteiger partial charge in [0.05, 0.1) is 12.3 Å². The number of rotatable bonds is 8. The van der Waals surface area contributed by atoms with Crippen molar-refractivity contribution in [2.45, 2.75) is 12.3 Å². The number of benzene rings is 1. The number of hydrazine groups is 1. The summed E-state index contributed by atoms with van der Waals surface area (Å²) in [5, 5.41) is 10.5. The van der Waals surface area contributed by atoms with Crippen LogP contribution >= 0.6 is 11.8 Å². The Hall–Kier alpha value is -2.26. The zero-order valence-electron chi connectivity index (χ0n) is 13.7. The molecule has 0 fully saturated rings. The van der Waals surface area contributed by atoms with Gasteiger partial charge in [-0.05, 0) is 31.8 Å². The summed E-state index contributed by atoms with van der Waals surface area (Å²) in [6, 6.07) is 8.28. The van der Waals surface area contributed by atoms with E-state index in [0.717, 1.165) is 29.0 Å². The lowest BCUT2D eigenvalue weighted by molar-refractivity contribution is -0.525. The lowest BCUT2D eigenvalue weighted by atomic mass is 10.1. The smallest absolute Gasteiger partial charge is 0.251 e. The average Bonchev–Trinajstić information content (AvgIpc) is 2.87. The van der Waals surface area contributed by atoms with Crippen LogP contribution in [0.4, 0.5) is 0 Å². The van der Waals surface area contributed by atoms with E-state index < -0.39 is 5.03 Å². The van der Waals surface area contributed by atoms with E-state index in [1.807, 2.05) is 20.2 Å². The Kier molecular flexibility index (Phi) is 6.44. The lowest BCUT2D eigenvalue weighted by Gasteiger charge is -2.08. The van der Waals surface area contributed by atoms with Crippen molar-refractivity contribution in [3.8, 4) is 0 Å². The first-order valence-corrected chi connectivity index (χ1v) is 8.54. The molecule has 0 radical (unpaired) electrons. The maximum atomic E-state index is 10.2. The molecule has 0 spiro atoms. The molecule has 0 saturated carbocycles. The number of nitrogens with two attached hydrogens (primary N) is 1. The second-order valence-electron chi connectivity index (χ2n) is 5.51. The number of nitrogens with zero attached hydrogens (tertiary/aromatic N) is 3. The third-order valence-corrected chi connectivity index (χ3v) is 4.06. The monoisotopic (exact) mass is 351 g/mol. The van der Waals surface area contributed by atoms with Crippen molar-refractivity contribution in [1.82, 2.24) is 10.3 Å². The van der Waals surface area contributed by atoms with Gasteiger partial charge in [0.15, 0.2) is 5.03 Å². The van der Waals surface area contributed by atoms with Gasteiger partial charge in [0.25, 0.3) is 5.96 Å². The first-order chi connectivity index (χ1) is 11.4. The Morgan fingerprint density at radius 3 is 2.96 bits per heavy atom. The Morgan fingerprint density at radius 1 is 1.46 bits per heavy atom. The van der Waals surface area contributed by atoms with Gasteiger partial charge in [0.2, 0.25) is 0 Å². The second kappa shape index (κ2) is 8.55. The van der Waals surface area contributed by atoms with Gasteiger partial charge in [0.1, 0.15) is 11.3 Å². The van der Waals surface area contributed by atoms with Gasteiger partial charge in [-0.3, -0.25) is 0 Å². The first kappa shape index (κ1) is 18.1. The summed E-state index contributed by atoms with van der Waals surface area (Å²) >= 11 is 1.64. The molecule has 0 aliphatic heterocycles. The summed E-state index contributed by atoms with van der Waals surface area (Å²) in [5.41, 5.74) is 9.24. The summed E-state index contributed by atoms with van der Waals surface area (Å²) < 4.78 is 5.87. The normalized spacial score (nSPS) is 12.0. The third kappa shape index (κ3) is 5.74. The lowest BCUT2D eigenvalue weighted by Crippen LogP contribution is -2.36. The van der Waals surface area contributed by atoms with Gasteiger partial charge in [-0.2, -0.15) is 11.8 Å². The van der Waals surface area contributed by atoms with Crippen molar-refractivity contribution >= 4 is 28.7 Å². The van der Waals surface area contributed by atoms with E-state index in [2.05, 4.69) is 28.1 Å². The van der Waals surface area contributed by atoms with E-state index >= 15 is 0 Å². The number of guanidine groups is 1. The number of aliphatic imine (C=N–C) groups is 1. The van der Waals surface area contributed by atoms with Gasteiger partial charge in [-0.15, -0.1) is 0 Å². The quantitative estimate of drug-likeness (QED) is 0.245. The molecular weight excluding hydrogens is 330 g/mol. The van der Waals surface area contributed by atoms with Crippen LogP contribution < -0.4 is 11.2 Å². The van der Waals surface area contributed by atoms with Gasteiger partial charge in [-0.1, -0.05) is 17.6 Å². The molecular formula is C15H21N5O3S. The van der Waals surface area contributed by atoms with Crippen molar-refractivity contribution in [3.05, 3.63) is 45.7 Å². The van der Waals surface area contributed by atoms with Crippen LogP contribution in [0.25, 0.3) is 11.0 Å². The molecule has 0 unspecified atom stereocenters. The predicted molar refractivity (Wildman–Crippen MR) is 96.4 cm³/mol. The van der Waals surface area contributed by atoms with Crippen molar-refractivity contribution in [1.29, 1.82) is 0 Å². The van der Waals surface area contributed by atoms with Crippen LogP contribution in [-0.4, -0.2) is 42.3 Å². The van der Waals surface area contributed by atoms with Crippen LogP contribution in [0.5, 0.6) is 0 Å². The third-order valence-electron chi connectivity index (χ3n) is 3.10. The zero-order chi connectivity index (χ0) is 17.5. The molecule has 0 bridgehead atoms. The van der Waals surface area contributed by atoms with Crippen LogP contribution in [0.2, 0.25) is 0 Å². The number of thioether (sulfide) groups is 1. The number of fused-ring (bicyclic) bond motifs is 1. The summed E-state index contributed by atoms with van der Waals surface area (Å²) in [5.74, 6) is 2.13. The highest BCUT2D eigenvalue weighted by atomic mass is 32.2. The van der Waals surface area contributed by atoms with Gasteiger partial charge in [0, 0.05) is 17.7 Å². The molecule has 130 valence electrons. The van der Waals surface area contributed by atoms with E-state index in [1.165, 1.54) is 5.56 Å². The summed E-state index contributed by atoms with van der Waals surface area (Å²) in [6.45, 7) is 1.28. The van der Waals surface area contributed by atoms with Crippen LogP contribution in [0.15, 0.2) is 33.7 Å². The summed E-state index contributed by atoms with van der Waals surface area (Å²) in [7, 11) is 4.07. The van der Waals surface area contributed by atoms with Gasteiger partial charge in [-0.25, -0.2) is 15.1 Å². The average molecular weight is 351 g/mol. The number of nitro groups is 1. The minimum absolute atomic E-state index is 0.183. The number of furan rings is 1. The highest BCUT2D eigenvalue weighted by molar-refractivity contribution is 7.98. The Labute approximate surface area is 144 Å². The largest absolute Gasteiger partial charge is 0.460 e. The predicted octanol–water partition coefficient (Wildman–Crippen LogP) is 1.82. The maximum absolute atomic E-state index is 10.2. The summed E-state index contributed by atoms with van der Waals surface area (Å²) in [6.07, 6.45) is 0. The topological polar surface area (TPSA) is 110 Å². The van der Waals surface area contributed by atoms with Crippen molar-refractivity contribution in [3.63, 3.8) is 0 Å². The second-order valence-corrected chi connectivity index (χ2v) is 6.62. The molecule has 0 aliphatic carbocycles. The standard InChI is InChI=1S/C15H21N5O3S/c1-19(2)9-11-3-4-12-8-13(23-14(12)7-11)10-24-6-5-17-15(16)18-20(21)22/h3-4,7-8H,5-6,9-10H2,1-2H3,(H3,16,17,18). The molecule has 0 atom stereocenters. The molecule has 1 aromatic heterocycles. The molecule has 9 heteroatoms. The summed E-state index contributed by atoms with van der Waals surface area (Å²) in [4.78, 5) is 16.1. The van der Waals surface area contributed by atoms with E-state index in [1.54, 1.807) is 17.2 Å². The molecule has 2 aromatic rings. The van der Waals surface area contributed by atoms with Gasteiger partial charge < -0.3 is 15.1 Å². The number of hydrogen-bond acceptors (Lipinski definition) is 6. The fraction of sp³-hybridized carbons (Fsp3) is 0.400. The van der Waals surface area contributed by atoms with Crippen LogP contribution in [-0.2, 0) is 12.3 Å². The molecule has 0 aliphatic rings. The molecule has 3 N–H and O–H groups in total. The van der Waals surface area contributed by atoms with Gasteiger partial charge >= 0.3 is 0 Å². The van der Waals surface area contributed by atoms with E-state index in [-0.39, 0.29) is 5.96 Å². The van der Waals surface area contributed by atoms with E-state index in [0.29, 0.717) is 12.3 Å². The Morgan fingerprint density at radius 2 is 2.25 bits per heavy atom. The van der Waals surface area contributed by atoms with E-state index in [4.69, 9.17) is 10.2 Å². The Bertz CT molecular complexity index is 729. The molecule has 0 saturated heterocycles. The highest BCUT2D eigenvalue weighted by Crippen LogP contribution is 2.24. The number of hydrogen-bond donors (Lipinski definition) is 2. The fourth-order valence-corrected chi connectivity index (χ4v) is 2.91. The van der Waals surface area contributed by atoms with Crippen LogP contribution in [0.1, 0.15) is 11.3 Å². The highest BCUT2D eigenvalue weighted by Gasteiger charge is 2.06. The van der Waals surface area contributed by atoms with Crippen molar-refractivity contribution in [2.24, 2.45) is 10.7 Å². The molecule has 24 heavy (non-hydrogen) atoms. The molecule has 8 nitrogen and oxygen atoms in total. The fourth-order valence-electron chi connectivity index (χ4n) is 2.20. The Balaban J connectivity index is 1.84. The van der Waals surface area contributed by atoms with Crippen LogP contribution in [0, 0.1) is 10.1 Å². The maximum Gasteiger partial charge on any atom is 0.251 e. The van der Waals surface area contributed by atoms with Crippen LogP contribution in [0.3, 0.4) is 0 Å². The SMILES string of the molecule is CN(C)Cc1ccc2cc(CSCCN=C(N)N[N+](=O)[O-])oc2c1. The first-order valence-electron chi connectivity index (χ1n) is 7.39. The van der Waals surface area contributed by atoms with Crippen molar-refractivity contribution < 1.29 is 9.45 Å². The minimum atomic E-state index is -0.731.